The van der Waals surface area contributed by atoms with Crippen LogP contribution < -0.4 is 5.32 Å². The van der Waals surface area contributed by atoms with E-state index < -0.39 is 17.6 Å². The van der Waals surface area contributed by atoms with Crippen LogP contribution in [0.5, 0.6) is 0 Å². The number of rotatable bonds is 4. The Labute approximate surface area is 144 Å². The van der Waals surface area contributed by atoms with Gasteiger partial charge in [-0.15, -0.1) is 0 Å². The van der Waals surface area contributed by atoms with E-state index in [0.29, 0.717) is 10.6 Å². The number of anilines is 1. The van der Waals surface area contributed by atoms with Crippen molar-refractivity contribution in [1.29, 1.82) is 5.26 Å². The fourth-order valence-corrected chi connectivity index (χ4v) is 2.61. The predicted octanol–water partition coefficient (Wildman–Crippen LogP) is 4.36. The van der Waals surface area contributed by atoms with E-state index in [1.807, 2.05) is 6.07 Å². The zero-order valence-corrected chi connectivity index (χ0v) is 13.5. The number of halogens is 4. The van der Waals surface area contributed by atoms with Gasteiger partial charge >= 0.3 is 6.18 Å². The van der Waals surface area contributed by atoms with E-state index in [1.54, 1.807) is 0 Å². The molecule has 24 heavy (non-hydrogen) atoms. The summed E-state index contributed by atoms with van der Waals surface area (Å²) in [5, 5.41) is 11.3. The standard InChI is InChI=1S/C15H9ClF3N3OS/c16-10-1-2-12(11(6-10)15(17,18)19)22-13(23)8-24-14-5-9(7-20)3-4-21-14/h1-6H,8H2,(H,22,23). The SMILES string of the molecule is N#Cc1ccnc(SCC(=O)Nc2ccc(Cl)cc2C(F)(F)F)c1. The summed E-state index contributed by atoms with van der Waals surface area (Å²) in [6.45, 7) is 0. The highest BCUT2D eigenvalue weighted by Crippen LogP contribution is 2.36. The lowest BCUT2D eigenvalue weighted by Crippen LogP contribution is -2.18. The third-order valence-corrected chi connectivity index (χ3v) is 3.94. The number of nitrogens with zero attached hydrogens (tertiary/aromatic N) is 2. The molecule has 2 aromatic rings. The molecule has 2 rings (SSSR count). The molecule has 0 saturated heterocycles. The van der Waals surface area contributed by atoms with Crippen LogP contribution in [-0.4, -0.2) is 16.6 Å². The van der Waals surface area contributed by atoms with Crippen molar-refractivity contribution in [3.8, 4) is 6.07 Å². The van der Waals surface area contributed by atoms with Gasteiger partial charge < -0.3 is 5.32 Å². The zero-order chi connectivity index (χ0) is 17.7. The predicted molar refractivity (Wildman–Crippen MR) is 84.8 cm³/mol. The molecule has 4 nitrogen and oxygen atoms in total. The second-order valence-corrected chi connectivity index (χ2v) is 5.95. The number of carbonyl (C=O) groups is 1. The molecule has 0 saturated carbocycles. The zero-order valence-electron chi connectivity index (χ0n) is 11.9. The molecule has 0 unspecified atom stereocenters. The lowest BCUT2D eigenvalue weighted by atomic mass is 10.1. The molecule has 0 radical (unpaired) electrons. The molecule has 124 valence electrons. The first-order chi connectivity index (χ1) is 11.3. The van der Waals surface area contributed by atoms with E-state index >= 15 is 0 Å². The molecule has 0 aliphatic carbocycles. The van der Waals surface area contributed by atoms with Crippen LogP contribution in [0, 0.1) is 11.3 Å². The summed E-state index contributed by atoms with van der Waals surface area (Å²) in [4.78, 5) is 15.8. The molecule has 1 aromatic carbocycles. The molecule has 1 N–H and O–H groups in total. The molecule has 0 atom stereocenters. The molecule has 1 aromatic heterocycles. The Kier molecular flexibility index (Phi) is 5.70. The highest BCUT2D eigenvalue weighted by Gasteiger charge is 2.34. The Bertz CT molecular complexity index is 805. The van der Waals surface area contributed by atoms with Gasteiger partial charge in [-0.25, -0.2) is 4.98 Å². The summed E-state index contributed by atoms with van der Waals surface area (Å²) >= 11 is 6.59. The van der Waals surface area contributed by atoms with Crippen LogP contribution in [0.25, 0.3) is 0 Å². The molecule has 0 aliphatic heterocycles. The number of alkyl halides is 3. The first kappa shape index (κ1) is 18.1. The molecule has 0 aliphatic rings. The minimum atomic E-state index is -4.64. The van der Waals surface area contributed by atoms with E-state index in [-0.39, 0.29) is 16.5 Å². The minimum absolute atomic E-state index is 0.0767. The smallest absolute Gasteiger partial charge is 0.325 e. The van der Waals surface area contributed by atoms with Gasteiger partial charge in [0.15, 0.2) is 0 Å². The van der Waals surface area contributed by atoms with Crippen molar-refractivity contribution in [1.82, 2.24) is 4.98 Å². The molecule has 1 heterocycles. The fourth-order valence-electron chi connectivity index (χ4n) is 1.74. The van der Waals surface area contributed by atoms with Gasteiger partial charge in [0, 0.05) is 11.2 Å². The highest BCUT2D eigenvalue weighted by atomic mass is 35.5. The van der Waals surface area contributed by atoms with E-state index in [2.05, 4.69) is 10.3 Å². The highest BCUT2D eigenvalue weighted by molar-refractivity contribution is 7.99. The Hall–Kier alpha value is -2.24. The summed E-state index contributed by atoms with van der Waals surface area (Å²) in [5.41, 5.74) is -1.00. The number of hydrogen-bond donors (Lipinski definition) is 1. The second-order valence-electron chi connectivity index (χ2n) is 4.52. The number of nitrogens with one attached hydrogen (secondary N) is 1. The Balaban J connectivity index is 2.06. The van der Waals surface area contributed by atoms with Crippen molar-refractivity contribution in [2.75, 3.05) is 11.1 Å². The largest absolute Gasteiger partial charge is 0.418 e. The monoisotopic (exact) mass is 371 g/mol. The van der Waals surface area contributed by atoms with Crippen molar-refractivity contribution in [3.63, 3.8) is 0 Å². The number of nitriles is 1. The van der Waals surface area contributed by atoms with E-state index in [9.17, 15) is 18.0 Å². The Morgan fingerprint density at radius 2 is 2.08 bits per heavy atom. The second kappa shape index (κ2) is 7.55. The van der Waals surface area contributed by atoms with Gasteiger partial charge in [-0.05, 0) is 30.3 Å². The number of pyridine rings is 1. The summed E-state index contributed by atoms with van der Waals surface area (Å²) < 4.78 is 38.9. The van der Waals surface area contributed by atoms with Crippen molar-refractivity contribution in [3.05, 3.63) is 52.7 Å². The average molecular weight is 372 g/mol. The van der Waals surface area contributed by atoms with Gasteiger partial charge in [0.05, 0.1) is 33.7 Å². The van der Waals surface area contributed by atoms with Crippen LogP contribution >= 0.6 is 23.4 Å². The Morgan fingerprint density at radius 3 is 2.75 bits per heavy atom. The van der Waals surface area contributed by atoms with E-state index in [1.165, 1.54) is 24.4 Å². The van der Waals surface area contributed by atoms with Crippen LogP contribution in [0.4, 0.5) is 18.9 Å². The molecule has 0 fully saturated rings. The van der Waals surface area contributed by atoms with Gasteiger partial charge in [-0.1, -0.05) is 23.4 Å². The first-order valence-electron chi connectivity index (χ1n) is 6.45. The molecular formula is C15H9ClF3N3OS. The molecule has 0 spiro atoms. The Morgan fingerprint density at radius 1 is 1.33 bits per heavy atom. The number of benzene rings is 1. The van der Waals surface area contributed by atoms with Gasteiger partial charge in [0.25, 0.3) is 0 Å². The maximum absolute atomic E-state index is 13.0. The summed E-state index contributed by atoms with van der Waals surface area (Å²) in [7, 11) is 0. The molecule has 0 bridgehead atoms. The number of thioether (sulfide) groups is 1. The molecule has 1 amide bonds. The van der Waals surface area contributed by atoms with Crippen molar-refractivity contribution >= 4 is 35.0 Å². The maximum Gasteiger partial charge on any atom is 0.418 e. The van der Waals surface area contributed by atoms with Crippen LogP contribution in [-0.2, 0) is 11.0 Å². The van der Waals surface area contributed by atoms with Gasteiger partial charge in [0.1, 0.15) is 0 Å². The van der Waals surface area contributed by atoms with Gasteiger partial charge in [0.2, 0.25) is 5.91 Å². The number of carbonyl (C=O) groups excluding carboxylic acids is 1. The van der Waals surface area contributed by atoms with Crippen LogP contribution in [0.15, 0.2) is 41.6 Å². The van der Waals surface area contributed by atoms with Crippen LogP contribution in [0.2, 0.25) is 5.02 Å². The van der Waals surface area contributed by atoms with E-state index in [4.69, 9.17) is 16.9 Å². The van der Waals surface area contributed by atoms with Crippen LogP contribution in [0.1, 0.15) is 11.1 Å². The van der Waals surface area contributed by atoms with Gasteiger partial charge in [-0.3, -0.25) is 4.79 Å². The normalized spacial score (nSPS) is 11.0. The number of aromatic nitrogens is 1. The minimum Gasteiger partial charge on any atom is -0.325 e. The molecule has 9 heteroatoms. The quantitative estimate of drug-likeness (QED) is 0.811. The third kappa shape index (κ3) is 4.88. The average Bonchev–Trinajstić information content (AvgIpc) is 2.54. The topological polar surface area (TPSA) is 65.8 Å². The van der Waals surface area contributed by atoms with Crippen LogP contribution in [0.3, 0.4) is 0 Å². The summed E-state index contributed by atoms with van der Waals surface area (Å²) in [5.74, 6) is -0.779. The third-order valence-electron chi connectivity index (χ3n) is 2.78. The maximum atomic E-state index is 13.0. The lowest BCUT2D eigenvalue weighted by molar-refractivity contribution is -0.137. The first-order valence-corrected chi connectivity index (χ1v) is 7.81. The molecular weight excluding hydrogens is 363 g/mol. The lowest BCUT2D eigenvalue weighted by Gasteiger charge is -2.14. The van der Waals surface area contributed by atoms with Crippen molar-refractivity contribution in [2.45, 2.75) is 11.2 Å². The number of hydrogen-bond acceptors (Lipinski definition) is 4. The van der Waals surface area contributed by atoms with Gasteiger partial charge in [-0.2, -0.15) is 18.4 Å². The van der Waals surface area contributed by atoms with E-state index in [0.717, 1.165) is 23.9 Å². The number of amides is 1. The van der Waals surface area contributed by atoms with Crippen molar-refractivity contribution in [2.24, 2.45) is 0 Å². The summed E-state index contributed by atoms with van der Waals surface area (Å²) in [6.07, 6.45) is -3.22. The fraction of sp³-hybridized carbons (Fsp3) is 0.133. The van der Waals surface area contributed by atoms with Crippen molar-refractivity contribution < 1.29 is 18.0 Å². The summed E-state index contributed by atoms with van der Waals surface area (Å²) in [6, 6.07) is 8.04.